The van der Waals surface area contributed by atoms with Gasteiger partial charge in [0.15, 0.2) is 5.96 Å². The van der Waals surface area contributed by atoms with Crippen molar-refractivity contribution < 1.29 is 4.79 Å². The maximum atomic E-state index is 11.8. The van der Waals surface area contributed by atoms with Crippen LogP contribution in [0.2, 0.25) is 0 Å². The van der Waals surface area contributed by atoms with E-state index in [1.54, 1.807) is 19.0 Å². The summed E-state index contributed by atoms with van der Waals surface area (Å²) >= 11 is 0. The minimum absolute atomic E-state index is 0.0174. The van der Waals surface area contributed by atoms with Gasteiger partial charge in [0.1, 0.15) is 6.54 Å². The van der Waals surface area contributed by atoms with Crippen LogP contribution < -0.4 is 10.2 Å². The van der Waals surface area contributed by atoms with Gasteiger partial charge in [-0.25, -0.2) is 4.99 Å². The third-order valence-corrected chi connectivity index (χ3v) is 4.14. The molecule has 1 amide bonds. The number of nitrogens with zero attached hydrogens (tertiary/aromatic N) is 4. The second-order valence-electron chi connectivity index (χ2n) is 6.27. The van der Waals surface area contributed by atoms with E-state index in [9.17, 15) is 4.79 Å². The summed E-state index contributed by atoms with van der Waals surface area (Å²) in [6, 6.07) is 8.62. The fraction of sp³-hybridized carbons (Fsp3) is 0.556. The van der Waals surface area contributed by atoms with E-state index in [4.69, 9.17) is 0 Å². The number of hydrogen-bond donors (Lipinski definition) is 1. The van der Waals surface area contributed by atoms with Gasteiger partial charge < -0.3 is 20.0 Å². The van der Waals surface area contributed by atoms with Crippen molar-refractivity contribution in [2.45, 2.75) is 13.8 Å². The molecule has 1 saturated heterocycles. The van der Waals surface area contributed by atoms with E-state index in [-0.39, 0.29) is 12.5 Å². The van der Waals surface area contributed by atoms with Crippen molar-refractivity contribution in [2.24, 2.45) is 4.99 Å². The molecule has 2 rings (SSSR count). The van der Waals surface area contributed by atoms with Crippen LogP contribution in [0.3, 0.4) is 0 Å². The van der Waals surface area contributed by atoms with E-state index in [0.29, 0.717) is 0 Å². The highest BCUT2D eigenvalue weighted by Gasteiger charge is 2.20. The lowest BCUT2D eigenvalue weighted by Gasteiger charge is -2.37. The van der Waals surface area contributed by atoms with E-state index in [1.807, 2.05) is 6.92 Å². The molecule has 0 aliphatic carbocycles. The molecule has 1 aliphatic heterocycles. The van der Waals surface area contributed by atoms with Crippen LogP contribution in [0.15, 0.2) is 29.3 Å². The van der Waals surface area contributed by atoms with Gasteiger partial charge in [0, 0.05) is 52.5 Å². The van der Waals surface area contributed by atoms with Gasteiger partial charge in [0.25, 0.3) is 0 Å². The van der Waals surface area contributed by atoms with Gasteiger partial charge in [-0.2, -0.15) is 0 Å². The monoisotopic (exact) mass is 331 g/mol. The maximum absolute atomic E-state index is 11.8. The summed E-state index contributed by atoms with van der Waals surface area (Å²) in [6.07, 6.45) is 0. The summed E-state index contributed by atoms with van der Waals surface area (Å²) in [7, 11) is 3.51. The Balaban J connectivity index is 1.97. The van der Waals surface area contributed by atoms with Crippen LogP contribution in [-0.2, 0) is 4.79 Å². The number of amides is 1. The number of piperazine rings is 1. The molecule has 0 unspecified atom stereocenters. The number of rotatable bonds is 4. The Kier molecular flexibility index (Phi) is 6.46. The standard InChI is InChI=1S/C18H29N5O/c1-5-19-18(20-14-17(24)21(3)4)23-11-9-22(10-12-23)16-8-6-7-15(2)13-16/h6-8,13H,5,9-12,14H2,1-4H3,(H,19,20). The van der Waals surface area contributed by atoms with Crippen LogP contribution in [0, 0.1) is 6.92 Å². The lowest BCUT2D eigenvalue weighted by atomic mass is 10.2. The van der Waals surface area contributed by atoms with E-state index >= 15 is 0 Å². The second kappa shape index (κ2) is 8.57. The topological polar surface area (TPSA) is 51.2 Å². The number of carbonyl (C=O) groups excluding carboxylic acids is 1. The number of anilines is 1. The van der Waals surface area contributed by atoms with Crippen molar-refractivity contribution >= 4 is 17.6 Å². The first-order valence-corrected chi connectivity index (χ1v) is 8.56. The Labute approximate surface area is 145 Å². The predicted octanol–water partition coefficient (Wildman–Crippen LogP) is 1.17. The highest BCUT2D eigenvalue weighted by Crippen LogP contribution is 2.17. The number of aryl methyl sites for hydroxylation is 1. The highest BCUT2D eigenvalue weighted by atomic mass is 16.2. The lowest BCUT2D eigenvalue weighted by molar-refractivity contribution is -0.127. The molecule has 132 valence electrons. The molecule has 0 bridgehead atoms. The molecule has 1 fully saturated rings. The van der Waals surface area contributed by atoms with Crippen molar-refractivity contribution in [1.82, 2.24) is 15.1 Å². The molecular weight excluding hydrogens is 302 g/mol. The van der Waals surface area contributed by atoms with Crippen molar-refractivity contribution in [2.75, 3.05) is 58.3 Å². The van der Waals surface area contributed by atoms with Crippen LogP contribution in [0.1, 0.15) is 12.5 Å². The van der Waals surface area contributed by atoms with Gasteiger partial charge in [-0.3, -0.25) is 4.79 Å². The molecular formula is C18H29N5O. The van der Waals surface area contributed by atoms with Crippen LogP contribution in [0.5, 0.6) is 0 Å². The van der Waals surface area contributed by atoms with Crippen LogP contribution in [0.25, 0.3) is 0 Å². The molecule has 0 atom stereocenters. The number of nitrogens with one attached hydrogen (secondary N) is 1. The van der Waals surface area contributed by atoms with E-state index in [2.05, 4.69) is 51.3 Å². The minimum Gasteiger partial charge on any atom is -0.368 e. The fourth-order valence-electron chi connectivity index (χ4n) is 2.71. The highest BCUT2D eigenvalue weighted by molar-refractivity contribution is 5.85. The molecule has 0 saturated carbocycles. The molecule has 0 spiro atoms. The lowest BCUT2D eigenvalue weighted by Crippen LogP contribution is -2.52. The molecule has 1 aromatic carbocycles. The number of aliphatic imine (C=N–C) groups is 1. The molecule has 1 aliphatic rings. The molecule has 6 nitrogen and oxygen atoms in total. The van der Waals surface area contributed by atoms with E-state index in [0.717, 1.165) is 38.7 Å². The summed E-state index contributed by atoms with van der Waals surface area (Å²) in [6.45, 7) is 8.86. The number of guanidine groups is 1. The van der Waals surface area contributed by atoms with Gasteiger partial charge in [-0.1, -0.05) is 12.1 Å². The van der Waals surface area contributed by atoms with Crippen molar-refractivity contribution in [3.05, 3.63) is 29.8 Å². The van der Waals surface area contributed by atoms with Crippen molar-refractivity contribution in [3.63, 3.8) is 0 Å². The first kappa shape index (κ1) is 18.1. The Morgan fingerprint density at radius 1 is 1.25 bits per heavy atom. The zero-order valence-corrected chi connectivity index (χ0v) is 15.2. The first-order chi connectivity index (χ1) is 11.5. The Bertz CT molecular complexity index is 577. The number of benzene rings is 1. The van der Waals surface area contributed by atoms with Crippen LogP contribution in [0.4, 0.5) is 5.69 Å². The second-order valence-corrected chi connectivity index (χ2v) is 6.27. The molecule has 0 aromatic heterocycles. The Morgan fingerprint density at radius 3 is 2.54 bits per heavy atom. The maximum Gasteiger partial charge on any atom is 0.243 e. The quantitative estimate of drug-likeness (QED) is 0.665. The van der Waals surface area contributed by atoms with Gasteiger partial charge in [0.2, 0.25) is 5.91 Å². The van der Waals surface area contributed by atoms with Crippen molar-refractivity contribution in [1.29, 1.82) is 0 Å². The zero-order chi connectivity index (χ0) is 17.5. The largest absolute Gasteiger partial charge is 0.368 e. The number of carbonyl (C=O) groups is 1. The average molecular weight is 331 g/mol. The van der Waals surface area contributed by atoms with Gasteiger partial charge in [0.05, 0.1) is 0 Å². The average Bonchev–Trinajstić information content (AvgIpc) is 2.58. The van der Waals surface area contributed by atoms with Gasteiger partial charge in [-0.15, -0.1) is 0 Å². The molecule has 1 heterocycles. The summed E-state index contributed by atoms with van der Waals surface area (Å²) in [5.74, 6) is 0.848. The molecule has 24 heavy (non-hydrogen) atoms. The molecule has 1 N–H and O–H groups in total. The van der Waals surface area contributed by atoms with Crippen molar-refractivity contribution in [3.8, 4) is 0 Å². The third kappa shape index (κ3) is 4.88. The summed E-state index contributed by atoms with van der Waals surface area (Å²) in [5.41, 5.74) is 2.56. The summed E-state index contributed by atoms with van der Waals surface area (Å²) in [4.78, 5) is 22.5. The molecule has 0 radical (unpaired) electrons. The van der Waals surface area contributed by atoms with E-state index in [1.165, 1.54) is 11.3 Å². The van der Waals surface area contributed by atoms with E-state index < -0.39 is 0 Å². The first-order valence-electron chi connectivity index (χ1n) is 8.56. The smallest absolute Gasteiger partial charge is 0.243 e. The third-order valence-electron chi connectivity index (χ3n) is 4.14. The Morgan fingerprint density at radius 2 is 1.96 bits per heavy atom. The summed E-state index contributed by atoms with van der Waals surface area (Å²) in [5, 5.41) is 3.30. The number of hydrogen-bond acceptors (Lipinski definition) is 3. The minimum atomic E-state index is 0.0174. The molecule has 1 aromatic rings. The van der Waals surface area contributed by atoms with Gasteiger partial charge >= 0.3 is 0 Å². The van der Waals surface area contributed by atoms with Crippen LogP contribution in [-0.4, -0.2) is 75.0 Å². The van der Waals surface area contributed by atoms with Gasteiger partial charge in [-0.05, 0) is 31.5 Å². The summed E-state index contributed by atoms with van der Waals surface area (Å²) < 4.78 is 0. The normalized spacial score (nSPS) is 15.4. The predicted molar refractivity (Wildman–Crippen MR) is 99.6 cm³/mol. The number of likely N-dealkylation sites (N-methyl/N-ethyl adjacent to an activating group) is 1. The Hall–Kier alpha value is -2.24. The molecule has 6 heteroatoms. The van der Waals surface area contributed by atoms with Crippen LogP contribution >= 0.6 is 0 Å². The zero-order valence-electron chi connectivity index (χ0n) is 15.2. The fourth-order valence-corrected chi connectivity index (χ4v) is 2.71. The SMILES string of the molecule is CCNC(=NCC(=O)N(C)C)N1CCN(c2cccc(C)c2)CC1.